The van der Waals surface area contributed by atoms with Gasteiger partial charge in [-0.3, -0.25) is 19.4 Å². The first-order valence-corrected chi connectivity index (χ1v) is 13.0. The molecule has 1 heterocycles. The normalized spacial score (nSPS) is 11.5. The van der Waals surface area contributed by atoms with Crippen molar-refractivity contribution in [1.29, 1.82) is 0 Å². The van der Waals surface area contributed by atoms with Gasteiger partial charge in [-0.1, -0.05) is 45.9 Å². The van der Waals surface area contributed by atoms with Crippen LogP contribution in [0.3, 0.4) is 0 Å². The molecule has 3 rings (SSSR count). The summed E-state index contributed by atoms with van der Waals surface area (Å²) in [7, 11) is -3.78. The molecule has 0 bridgehead atoms. The van der Waals surface area contributed by atoms with Gasteiger partial charge in [-0.05, 0) is 48.2 Å². The molecule has 0 saturated carbocycles. The van der Waals surface area contributed by atoms with Crippen molar-refractivity contribution in [2.24, 2.45) is 0 Å². The van der Waals surface area contributed by atoms with Gasteiger partial charge >= 0.3 is 0 Å². The van der Waals surface area contributed by atoms with E-state index in [1.165, 1.54) is 22.4 Å². The van der Waals surface area contributed by atoms with Crippen LogP contribution in [0.1, 0.15) is 39.7 Å². The summed E-state index contributed by atoms with van der Waals surface area (Å²) in [6.45, 7) is 9.58. The minimum atomic E-state index is -3.78. The summed E-state index contributed by atoms with van der Waals surface area (Å²) in [5.41, 5.74) is 3.21. The van der Waals surface area contributed by atoms with Gasteiger partial charge in [0.25, 0.3) is 11.5 Å². The monoisotopic (exact) mass is 493 g/mol. The SMILES string of the molecule is CC.CC.Cc1ccc(-c2ccc3c(=O)n(CCC(C(=O)NO)S(C)(=O)=O)cnc3c2)cc1F. The first-order chi connectivity index (χ1) is 16.1. The van der Waals surface area contributed by atoms with Gasteiger partial charge in [0, 0.05) is 12.8 Å². The van der Waals surface area contributed by atoms with Crippen LogP contribution in [0, 0.1) is 12.7 Å². The zero-order chi connectivity index (χ0) is 26.1. The molecule has 34 heavy (non-hydrogen) atoms. The summed E-state index contributed by atoms with van der Waals surface area (Å²) in [4.78, 5) is 28.6. The van der Waals surface area contributed by atoms with E-state index >= 15 is 0 Å². The molecule has 2 aromatic carbocycles. The summed E-state index contributed by atoms with van der Waals surface area (Å²) < 4.78 is 38.6. The molecule has 0 aliphatic rings. The third-order valence-electron chi connectivity index (χ3n) is 4.88. The zero-order valence-electron chi connectivity index (χ0n) is 20.3. The van der Waals surface area contributed by atoms with E-state index in [1.54, 1.807) is 37.3 Å². The number of carbonyl (C=O) groups is 1. The van der Waals surface area contributed by atoms with Crippen LogP contribution in [0.4, 0.5) is 4.39 Å². The largest absolute Gasteiger partial charge is 0.299 e. The number of rotatable bonds is 6. The van der Waals surface area contributed by atoms with Crippen molar-refractivity contribution in [3.63, 3.8) is 0 Å². The maximum atomic E-state index is 13.9. The first kappa shape index (κ1) is 28.9. The Morgan fingerprint density at radius 1 is 1.12 bits per heavy atom. The Hall–Kier alpha value is -3.11. The summed E-state index contributed by atoms with van der Waals surface area (Å²) in [6, 6.07) is 9.78. The van der Waals surface area contributed by atoms with Gasteiger partial charge in [0.1, 0.15) is 11.1 Å². The van der Waals surface area contributed by atoms with Gasteiger partial charge in [0.2, 0.25) is 0 Å². The van der Waals surface area contributed by atoms with Crippen LogP contribution in [0.25, 0.3) is 22.0 Å². The standard InChI is InChI=1S/C20H20FN3O5S.2C2H6/c1-12-3-4-13(9-16(12)21)14-5-6-15-17(10-14)22-11-24(20(15)26)8-7-18(19(25)23-27)30(2,28)29;2*1-2/h3-6,9-11,18,27H,7-8H2,1-2H3,(H,23,25);2*1-2H3. The van der Waals surface area contributed by atoms with Crippen LogP contribution in [0.2, 0.25) is 0 Å². The Bertz CT molecular complexity index is 1290. The highest BCUT2D eigenvalue weighted by Gasteiger charge is 2.28. The third kappa shape index (κ3) is 6.94. The van der Waals surface area contributed by atoms with Crippen molar-refractivity contribution in [3.8, 4) is 11.1 Å². The van der Waals surface area contributed by atoms with Gasteiger partial charge in [-0.25, -0.2) is 23.3 Å². The maximum absolute atomic E-state index is 13.9. The second kappa shape index (κ2) is 13.0. The fourth-order valence-electron chi connectivity index (χ4n) is 3.14. The number of halogens is 1. The average Bonchev–Trinajstić information content (AvgIpc) is 2.83. The topological polar surface area (TPSA) is 118 Å². The Morgan fingerprint density at radius 3 is 2.26 bits per heavy atom. The van der Waals surface area contributed by atoms with Gasteiger partial charge in [-0.2, -0.15) is 0 Å². The number of aromatic nitrogens is 2. The minimum absolute atomic E-state index is 0.0855. The van der Waals surface area contributed by atoms with E-state index in [9.17, 15) is 22.4 Å². The van der Waals surface area contributed by atoms with E-state index in [0.717, 1.165) is 6.26 Å². The van der Waals surface area contributed by atoms with Crippen molar-refractivity contribution in [2.75, 3.05) is 6.26 Å². The Balaban J connectivity index is 0.00000137. The number of hydrogen-bond acceptors (Lipinski definition) is 6. The molecular formula is C24H32FN3O5S. The molecule has 0 fully saturated rings. The van der Waals surface area contributed by atoms with E-state index in [0.29, 0.717) is 27.6 Å². The average molecular weight is 494 g/mol. The summed E-state index contributed by atoms with van der Waals surface area (Å²) in [6.07, 6.45) is 1.93. The van der Waals surface area contributed by atoms with Gasteiger partial charge in [-0.15, -0.1) is 0 Å². The molecule has 1 amide bonds. The number of benzene rings is 2. The summed E-state index contributed by atoms with van der Waals surface area (Å²) >= 11 is 0. The number of nitrogens with zero attached hydrogens (tertiary/aromatic N) is 2. The lowest BCUT2D eigenvalue weighted by Gasteiger charge is -2.14. The molecule has 186 valence electrons. The van der Waals surface area contributed by atoms with Gasteiger partial charge in [0.15, 0.2) is 9.84 Å². The molecule has 1 atom stereocenters. The molecule has 0 aliphatic carbocycles. The van der Waals surface area contributed by atoms with Crippen molar-refractivity contribution in [3.05, 3.63) is 64.5 Å². The highest BCUT2D eigenvalue weighted by atomic mass is 32.2. The van der Waals surface area contributed by atoms with Crippen LogP contribution in [0.15, 0.2) is 47.5 Å². The fourth-order valence-corrected chi connectivity index (χ4v) is 4.11. The molecule has 10 heteroatoms. The van der Waals surface area contributed by atoms with Crippen molar-refractivity contribution in [1.82, 2.24) is 15.0 Å². The van der Waals surface area contributed by atoms with Crippen LogP contribution < -0.4 is 11.0 Å². The van der Waals surface area contributed by atoms with Crippen molar-refractivity contribution < 1.29 is 22.8 Å². The number of sulfone groups is 1. The predicted molar refractivity (Wildman–Crippen MR) is 132 cm³/mol. The quantitative estimate of drug-likeness (QED) is 0.398. The molecule has 0 radical (unpaired) electrons. The van der Waals surface area contributed by atoms with Gasteiger partial charge < -0.3 is 0 Å². The number of fused-ring (bicyclic) bond motifs is 1. The summed E-state index contributed by atoms with van der Waals surface area (Å²) in [5, 5.41) is 7.55. The lowest BCUT2D eigenvalue weighted by molar-refractivity contribution is -0.128. The van der Waals surface area contributed by atoms with Crippen molar-refractivity contribution >= 4 is 26.6 Å². The predicted octanol–water partition coefficient (Wildman–Crippen LogP) is 3.87. The second-order valence-corrected chi connectivity index (χ2v) is 9.25. The van der Waals surface area contributed by atoms with E-state index in [1.807, 2.05) is 27.7 Å². The number of nitrogens with one attached hydrogen (secondary N) is 1. The third-order valence-corrected chi connectivity index (χ3v) is 6.37. The Morgan fingerprint density at radius 2 is 1.71 bits per heavy atom. The second-order valence-electron chi connectivity index (χ2n) is 7.02. The van der Waals surface area contributed by atoms with Gasteiger partial charge in [0.05, 0.1) is 17.2 Å². The lowest BCUT2D eigenvalue weighted by atomic mass is 10.0. The smallest absolute Gasteiger partial charge is 0.261 e. The highest BCUT2D eigenvalue weighted by Crippen LogP contribution is 2.24. The molecule has 2 N–H and O–H groups in total. The number of carbonyl (C=O) groups excluding carboxylic acids is 1. The number of aryl methyl sites for hydroxylation is 2. The fraction of sp³-hybridized carbons (Fsp3) is 0.375. The molecule has 1 aromatic heterocycles. The van der Waals surface area contributed by atoms with Crippen molar-refractivity contribution in [2.45, 2.75) is 52.8 Å². The van der Waals surface area contributed by atoms with E-state index in [4.69, 9.17) is 5.21 Å². The lowest BCUT2D eigenvalue weighted by Crippen LogP contribution is -2.39. The number of hydroxylamine groups is 1. The molecule has 8 nitrogen and oxygen atoms in total. The Kier molecular flexibility index (Phi) is 11.0. The van der Waals surface area contributed by atoms with Crippen LogP contribution in [0.5, 0.6) is 0 Å². The van der Waals surface area contributed by atoms with E-state index < -0.39 is 26.6 Å². The van der Waals surface area contributed by atoms with E-state index in [2.05, 4.69) is 4.98 Å². The van der Waals surface area contributed by atoms with Crippen LogP contribution >= 0.6 is 0 Å². The highest BCUT2D eigenvalue weighted by molar-refractivity contribution is 7.92. The molecule has 0 saturated heterocycles. The van der Waals surface area contributed by atoms with Crippen LogP contribution in [-0.2, 0) is 21.2 Å². The van der Waals surface area contributed by atoms with E-state index in [-0.39, 0.29) is 18.8 Å². The minimum Gasteiger partial charge on any atom is -0.299 e. The van der Waals surface area contributed by atoms with Crippen LogP contribution in [-0.4, -0.2) is 40.6 Å². The molecule has 0 aliphatic heterocycles. The summed E-state index contributed by atoms with van der Waals surface area (Å²) in [5.74, 6) is -1.39. The number of amides is 1. The molecule has 0 spiro atoms. The maximum Gasteiger partial charge on any atom is 0.261 e. The molecule has 1 unspecified atom stereocenters. The molecule has 3 aromatic rings. The number of hydrogen-bond donors (Lipinski definition) is 2. The first-order valence-electron chi connectivity index (χ1n) is 11.0. The molecular weight excluding hydrogens is 461 g/mol. The Labute approximate surface area is 199 Å². The zero-order valence-corrected chi connectivity index (χ0v) is 21.1.